The highest BCUT2D eigenvalue weighted by Gasteiger charge is 2.46. The van der Waals surface area contributed by atoms with E-state index in [1.54, 1.807) is 0 Å². The third-order valence-electron chi connectivity index (χ3n) is 2.94. The molecule has 4 atom stereocenters. The third-order valence-corrected chi connectivity index (χ3v) is 2.94. The Balaban J connectivity index is 3.03. The second kappa shape index (κ2) is 7.88. The highest BCUT2D eigenvalue weighted by atomic mass is 16.6. The first-order valence-electron chi connectivity index (χ1n) is 6.83. The van der Waals surface area contributed by atoms with E-state index in [1.807, 2.05) is 0 Å². The van der Waals surface area contributed by atoms with Gasteiger partial charge in [0, 0.05) is 27.2 Å². The minimum atomic E-state index is -1.02. The molecule has 0 bridgehead atoms. The van der Waals surface area contributed by atoms with E-state index in [4.69, 9.17) is 18.9 Å². The number of ether oxygens (including phenoxy) is 4. The summed E-state index contributed by atoms with van der Waals surface area (Å²) in [5, 5.41) is 0. The molecule has 0 N–H and O–H groups in total. The first-order valence-corrected chi connectivity index (χ1v) is 6.83. The Labute approximate surface area is 128 Å². The summed E-state index contributed by atoms with van der Waals surface area (Å²) >= 11 is 0. The molecule has 0 aromatic carbocycles. The first kappa shape index (κ1) is 18.1. The summed E-state index contributed by atoms with van der Waals surface area (Å²) in [5.41, 5.74) is 0. The van der Waals surface area contributed by atoms with Gasteiger partial charge < -0.3 is 18.9 Å². The van der Waals surface area contributed by atoms with Crippen LogP contribution in [-0.2, 0) is 38.1 Å². The second-order valence-electron chi connectivity index (χ2n) is 5.07. The Kier molecular flexibility index (Phi) is 6.48. The van der Waals surface area contributed by atoms with Crippen LogP contribution in [0.5, 0.6) is 0 Å². The highest BCUT2D eigenvalue weighted by Crippen LogP contribution is 2.26. The molecule has 1 heterocycles. The Morgan fingerprint density at radius 1 is 0.864 bits per heavy atom. The van der Waals surface area contributed by atoms with Crippen molar-refractivity contribution in [1.29, 1.82) is 0 Å². The first-order chi connectivity index (χ1) is 10.2. The number of carbonyl (C=O) groups is 4. The van der Waals surface area contributed by atoms with Crippen molar-refractivity contribution in [3.8, 4) is 0 Å². The molecule has 0 aliphatic carbocycles. The molecular weight excluding hydrogens is 296 g/mol. The van der Waals surface area contributed by atoms with E-state index in [9.17, 15) is 19.2 Å². The van der Waals surface area contributed by atoms with Crippen molar-refractivity contribution in [2.24, 2.45) is 0 Å². The minimum absolute atomic E-state index is 0.0114. The summed E-state index contributed by atoms with van der Waals surface area (Å²) < 4.78 is 20.8. The molecule has 8 nitrogen and oxygen atoms in total. The van der Waals surface area contributed by atoms with Gasteiger partial charge in [-0.15, -0.1) is 0 Å². The molecule has 0 amide bonds. The van der Waals surface area contributed by atoms with Crippen LogP contribution < -0.4 is 0 Å². The number of ketones is 1. The molecule has 0 aromatic rings. The molecule has 124 valence electrons. The van der Waals surface area contributed by atoms with Gasteiger partial charge in [-0.3, -0.25) is 19.2 Å². The molecule has 0 spiro atoms. The largest absolute Gasteiger partial charge is 0.456 e. The maximum absolute atomic E-state index is 11.3. The lowest BCUT2D eigenvalue weighted by Crippen LogP contribution is -2.57. The van der Waals surface area contributed by atoms with Crippen LogP contribution in [0, 0.1) is 0 Å². The summed E-state index contributed by atoms with van der Waals surface area (Å²) in [7, 11) is 0. The Bertz CT molecular complexity index is 416. The molecule has 0 aromatic heterocycles. The van der Waals surface area contributed by atoms with E-state index in [1.165, 1.54) is 27.7 Å². The van der Waals surface area contributed by atoms with E-state index >= 15 is 0 Å². The van der Waals surface area contributed by atoms with Crippen LogP contribution in [0.2, 0.25) is 0 Å². The number of hydrogen-bond donors (Lipinski definition) is 0. The lowest BCUT2D eigenvalue weighted by Gasteiger charge is -2.40. The lowest BCUT2D eigenvalue weighted by atomic mass is 9.96. The van der Waals surface area contributed by atoms with Gasteiger partial charge >= 0.3 is 17.9 Å². The van der Waals surface area contributed by atoms with Crippen LogP contribution in [0.25, 0.3) is 0 Å². The van der Waals surface area contributed by atoms with Gasteiger partial charge in [-0.2, -0.15) is 0 Å². The fraction of sp³-hybridized carbons (Fsp3) is 0.714. The van der Waals surface area contributed by atoms with E-state index in [2.05, 4.69) is 0 Å². The molecule has 1 saturated heterocycles. The zero-order chi connectivity index (χ0) is 16.9. The Morgan fingerprint density at radius 3 is 1.82 bits per heavy atom. The van der Waals surface area contributed by atoms with Crippen molar-refractivity contribution in [3.63, 3.8) is 0 Å². The van der Waals surface area contributed by atoms with Gasteiger partial charge in [-0.25, -0.2) is 0 Å². The number of carbonyl (C=O) groups excluding carboxylic acids is 4. The van der Waals surface area contributed by atoms with Crippen LogP contribution >= 0.6 is 0 Å². The number of hydrogen-bond acceptors (Lipinski definition) is 8. The van der Waals surface area contributed by atoms with Gasteiger partial charge in [0.25, 0.3) is 0 Å². The summed E-state index contributed by atoms with van der Waals surface area (Å²) in [6, 6.07) is 0. The van der Waals surface area contributed by atoms with E-state index in [0.29, 0.717) is 0 Å². The SMILES string of the molecule is CC(=O)CC1OCC(OC(C)=O)C(OC(C)=O)C1OC(C)=O. The molecule has 1 aliphatic rings. The van der Waals surface area contributed by atoms with Gasteiger partial charge in [0.1, 0.15) is 11.9 Å². The van der Waals surface area contributed by atoms with Crippen molar-refractivity contribution in [2.75, 3.05) is 6.61 Å². The summed E-state index contributed by atoms with van der Waals surface area (Å²) in [5.74, 6) is -2.00. The molecule has 0 saturated carbocycles. The molecule has 0 radical (unpaired) electrons. The third kappa shape index (κ3) is 5.44. The topological polar surface area (TPSA) is 105 Å². The predicted molar refractivity (Wildman–Crippen MR) is 71.7 cm³/mol. The van der Waals surface area contributed by atoms with Gasteiger partial charge in [-0.1, -0.05) is 0 Å². The van der Waals surface area contributed by atoms with Crippen molar-refractivity contribution in [3.05, 3.63) is 0 Å². The summed E-state index contributed by atoms with van der Waals surface area (Å²) in [6.45, 7) is 4.88. The highest BCUT2D eigenvalue weighted by molar-refractivity contribution is 5.76. The molecule has 1 aliphatic heterocycles. The van der Waals surface area contributed by atoms with Crippen molar-refractivity contribution in [1.82, 2.24) is 0 Å². The van der Waals surface area contributed by atoms with Crippen molar-refractivity contribution >= 4 is 23.7 Å². The van der Waals surface area contributed by atoms with Crippen molar-refractivity contribution in [2.45, 2.75) is 58.5 Å². The summed E-state index contributed by atoms with van der Waals surface area (Å²) in [6.07, 6.45) is -3.74. The molecule has 1 fully saturated rings. The van der Waals surface area contributed by atoms with Gasteiger partial charge in [0.05, 0.1) is 6.61 Å². The summed E-state index contributed by atoms with van der Waals surface area (Å²) in [4.78, 5) is 45.1. The molecule has 22 heavy (non-hydrogen) atoms. The normalized spacial score (nSPS) is 27.6. The van der Waals surface area contributed by atoms with Crippen LogP contribution in [0.4, 0.5) is 0 Å². The van der Waals surface area contributed by atoms with E-state index in [0.717, 1.165) is 0 Å². The van der Waals surface area contributed by atoms with Gasteiger partial charge in [-0.05, 0) is 6.92 Å². The standard InChI is InChI=1S/C14H20O8/c1-7(15)5-11-13(21-9(3)17)14(22-10(4)18)12(6-19-11)20-8(2)16/h11-14H,5-6H2,1-4H3. The van der Waals surface area contributed by atoms with Gasteiger partial charge in [0.2, 0.25) is 0 Å². The molecule has 4 unspecified atom stereocenters. The smallest absolute Gasteiger partial charge is 0.303 e. The average molecular weight is 316 g/mol. The Morgan fingerprint density at radius 2 is 1.36 bits per heavy atom. The van der Waals surface area contributed by atoms with E-state index in [-0.39, 0.29) is 18.8 Å². The fourth-order valence-corrected chi connectivity index (χ4v) is 2.27. The van der Waals surface area contributed by atoms with Crippen LogP contribution in [0.15, 0.2) is 0 Å². The van der Waals surface area contributed by atoms with Crippen LogP contribution in [0.1, 0.15) is 34.1 Å². The number of rotatable bonds is 5. The zero-order valence-electron chi connectivity index (χ0n) is 13.0. The quantitative estimate of drug-likeness (QED) is 0.521. The predicted octanol–water partition coefficient (Wildman–Crippen LogP) is 0.159. The molecule has 8 heteroatoms. The Hall–Kier alpha value is -1.96. The monoisotopic (exact) mass is 316 g/mol. The van der Waals surface area contributed by atoms with Gasteiger partial charge in [0.15, 0.2) is 18.3 Å². The molecule has 1 rings (SSSR count). The minimum Gasteiger partial charge on any atom is -0.456 e. The van der Waals surface area contributed by atoms with E-state index < -0.39 is 42.3 Å². The number of Topliss-reactive ketones (excluding diaryl/α,β-unsaturated/α-hetero) is 1. The van der Waals surface area contributed by atoms with Crippen LogP contribution in [0.3, 0.4) is 0 Å². The second-order valence-corrected chi connectivity index (χ2v) is 5.07. The maximum atomic E-state index is 11.3. The maximum Gasteiger partial charge on any atom is 0.303 e. The van der Waals surface area contributed by atoms with Crippen LogP contribution in [-0.4, -0.2) is 54.7 Å². The fourth-order valence-electron chi connectivity index (χ4n) is 2.27. The zero-order valence-corrected chi connectivity index (χ0v) is 13.0. The average Bonchev–Trinajstić information content (AvgIpc) is 2.34. The molecular formula is C14H20O8. The number of esters is 3. The van der Waals surface area contributed by atoms with Crippen molar-refractivity contribution < 1.29 is 38.1 Å². The lowest BCUT2D eigenvalue weighted by molar-refractivity contribution is -0.226.